The number of aromatic carboxylic acids is 2. The van der Waals surface area contributed by atoms with Gasteiger partial charge in [-0.1, -0.05) is 45.8 Å². The summed E-state index contributed by atoms with van der Waals surface area (Å²) in [4.78, 5) is 86.6. The number of nitrogens with zero attached hydrogens (tertiary/aromatic N) is 6. The molecule has 8 aromatic rings. The molecule has 71 heavy (non-hydrogen) atoms. The SMILES string of the molecule is C#CCNC(=O)c1cncn(Cc2ccc(F)c(F)c2)c1=O.O=C(O)c1cnc2ccc(Br)cc2c1.O=C(O)c1cnc2ccc(C#CCNC(=O)c3cncn(Cc4ccc(F)c(F)c4)c3=O)cc2c1. The van der Waals surface area contributed by atoms with Crippen molar-refractivity contribution in [3.05, 3.63) is 210 Å². The Labute approximate surface area is 406 Å². The minimum absolute atomic E-state index is 0.0175. The Morgan fingerprint density at radius 3 is 1.56 bits per heavy atom. The number of aromatic nitrogens is 6. The van der Waals surface area contributed by atoms with Crippen LogP contribution in [0.4, 0.5) is 17.6 Å². The fourth-order valence-electron chi connectivity index (χ4n) is 6.25. The highest BCUT2D eigenvalue weighted by Gasteiger charge is 2.15. The lowest BCUT2D eigenvalue weighted by atomic mass is 10.1. The van der Waals surface area contributed by atoms with Crippen LogP contribution in [-0.4, -0.2) is 76.1 Å². The fourth-order valence-corrected chi connectivity index (χ4v) is 6.62. The number of rotatable bonds is 10. The molecule has 356 valence electrons. The van der Waals surface area contributed by atoms with Crippen molar-refractivity contribution in [1.82, 2.24) is 39.7 Å². The highest BCUT2D eigenvalue weighted by molar-refractivity contribution is 9.10. The first-order valence-electron chi connectivity index (χ1n) is 20.4. The smallest absolute Gasteiger partial charge is 0.337 e. The van der Waals surface area contributed by atoms with Gasteiger partial charge in [-0.15, -0.1) is 6.42 Å². The molecule has 0 bridgehead atoms. The van der Waals surface area contributed by atoms with E-state index < -0.39 is 58.1 Å². The van der Waals surface area contributed by atoms with Gasteiger partial charge in [0.2, 0.25) is 0 Å². The van der Waals surface area contributed by atoms with Crippen LogP contribution in [0.15, 0.2) is 136 Å². The van der Waals surface area contributed by atoms with E-state index >= 15 is 0 Å². The van der Waals surface area contributed by atoms with E-state index in [4.69, 9.17) is 16.6 Å². The molecule has 0 aliphatic carbocycles. The van der Waals surface area contributed by atoms with Crippen LogP contribution in [0.2, 0.25) is 0 Å². The van der Waals surface area contributed by atoms with Crippen molar-refractivity contribution in [2.45, 2.75) is 13.1 Å². The molecule has 0 aliphatic rings. The summed E-state index contributed by atoms with van der Waals surface area (Å²) in [6.45, 7) is -0.220. The van der Waals surface area contributed by atoms with Crippen LogP contribution in [0.3, 0.4) is 0 Å². The van der Waals surface area contributed by atoms with E-state index in [9.17, 15) is 46.3 Å². The summed E-state index contributed by atoms with van der Waals surface area (Å²) < 4.78 is 55.7. The maximum Gasteiger partial charge on any atom is 0.337 e. The average molecular weight is 1030 g/mol. The number of pyridine rings is 2. The van der Waals surface area contributed by atoms with Crippen molar-refractivity contribution in [2.24, 2.45) is 0 Å². The Bertz CT molecular complexity index is 3610. The number of hydrogen-bond acceptors (Lipinski definition) is 10. The first-order chi connectivity index (χ1) is 34.0. The van der Waals surface area contributed by atoms with Gasteiger partial charge in [0, 0.05) is 45.6 Å². The molecule has 0 fully saturated rings. The first kappa shape index (κ1) is 51.1. The van der Waals surface area contributed by atoms with E-state index in [1.165, 1.54) is 43.2 Å². The summed E-state index contributed by atoms with van der Waals surface area (Å²) in [6, 6.07) is 20.3. The number of fused-ring (bicyclic) bond motifs is 2. The molecule has 4 heterocycles. The summed E-state index contributed by atoms with van der Waals surface area (Å²) in [5.74, 6) is 0.429. The third kappa shape index (κ3) is 13.6. The fraction of sp³-hybridized carbons (Fsp3) is 0.0800. The number of nitrogens with one attached hydrogen (secondary N) is 2. The van der Waals surface area contributed by atoms with E-state index in [-0.39, 0.29) is 48.4 Å². The maximum atomic E-state index is 13.4. The van der Waals surface area contributed by atoms with Crippen LogP contribution >= 0.6 is 15.9 Å². The minimum Gasteiger partial charge on any atom is -0.478 e. The van der Waals surface area contributed by atoms with Gasteiger partial charge in [0.1, 0.15) is 11.1 Å². The molecule has 0 aliphatic heterocycles. The zero-order valence-corrected chi connectivity index (χ0v) is 38.0. The second-order valence-electron chi connectivity index (χ2n) is 14.7. The molecule has 0 saturated heterocycles. The zero-order chi connectivity index (χ0) is 51.2. The lowest BCUT2D eigenvalue weighted by Crippen LogP contribution is -2.33. The Morgan fingerprint density at radius 2 is 1.08 bits per heavy atom. The summed E-state index contributed by atoms with van der Waals surface area (Å²) in [5.41, 5.74) is 1.30. The highest BCUT2D eigenvalue weighted by Crippen LogP contribution is 2.19. The predicted octanol–water partition coefficient (Wildman–Crippen LogP) is 6.23. The lowest BCUT2D eigenvalue weighted by Gasteiger charge is -2.08. The van der Waals surface area contributed by atoms with Crippen molar-refractivity contribution in [1.29, 1.82) is 0 Å². The second kappa shape index (κ2) is 23.6. The molecule has 2 amide bonds. The first-order valence-corrected chi connectivity index (χ1v) is 21.2. The molecule has 0 radical (unpaired) electrons. The van der Waals surface area contributed by atoms with Crippen LogP contribution in [0.1, 0.15) is 58.1 Å². The number of halogens is 5. The molecular weight excluding hydrogens is 996 g/mol. The summed E-state index contributed by atoms with van der Waals surface area (Å²) in [7, 11) is 0. The van der Waals surface area contributed by atoms with Crippen LogP contribution in [0, 0.1) is 47.5 Å². The van der Waals surface area contributed by atoms with Crippen LogP contribution in [0.5, 0.6) is 0 Å². The van der Waals surface area contributed by atoms with Gasteiger partial charge in [0.05, 0.1) is 61.0 Å². The highest BCUT2D eigenvalue weighted by atomic mass is 79.9. The molecular formula is C50H33BrF4N8O8. The Kier molecular flexibility index (Phi) is 17.0. The molecule has 0 atom stereocenters. The van der Waals surface area contributed by atoms with Crippen molar-refractivity contribution < 1.29 is 47.0 Å². The van der Waals surface area contributed by atoms with Gasteiger partial charge in [-0.05, 0) is 83.9 Å². The van der Waals surface area contributed by atoms with Gasteiger partial charge in [0.15, 0.2) is 23.3 Å². The summed E-state index contributed by atoms with van der Waals surface area (Å²) >= 11 is 3.32. The van der Waals surface area contributed by atoms with Crippen molar-refractivity contribution >= 4 is 61.5 Å². The van der Waals surface area contributed by atoms with Gasteiger partial charge in [0.25, 0.3) is 22.9 Å². The van der Waals surface area contributed by atoms with Gasteiger partial charge in [-0.3, -0.25) is 38.3 Å². The third-order valence-corrected chi connectivity index (χ3v) is 10.2. The van der Waals surface area contributed by atoms with Crippen molar-refractivity contribution in [3.8, 4) is 24.2 Å². The van der Waals surface area contributed by atoms with E-state index in [0.29, 0.717) is 27.6 Å². The Balaban J connectivity index is 0.000000194. The van der Waals surface area contributed by atoms with Gasteiger partial charge >= 0.3 is 11.9 Å². The molecule has 8 rings (SSSR count). The molecule has 4 aromatic heterocycles. The van der Waals surface area contributed by atoms with Crippen LogP contribution in [-0.2, 0) is 13.1 Å². The number of carbonyl (C=O) groups excluding carboxylic acids is 2. The monoisotopic (exact) mass is 1030 g/mol. The predicted molar refractivity (Wildman–Crippen MR) is 253 cm³/mol. The number of carbonyl (C=O) groups is 4. The third-order valence-electron chi connectivity index (χ3n) is 9.70. The van der Waals surface area contributed by atoms with E-state index in [1.807, 2.05) is 18.2 Å². The molecule has 0 spiro atoms. The van der Waals surface area contributed by atoms with E-state index in [2.05, 4.69) is 64.3 Å². The number of benzene rings is 4. The number of amides is 2. The molecule has 0 unspecified atom stereocenters. The van der Waals surface area contributed by atoms with Crippen molar-refractivity contribution in [3.63, 3.8) is 0 Å². The quantitative estimate of drug-likeness (QED) is 0.0884. The topological polar surface area (TPSA) is 228 Å². The zero-order valence-electron chi connectivity index (χ0n) is 36.4. The van der Waals surface area contributed by atoms with Crippen LogP contribution in [0.25, 0.3) is 21.8 Å². The Morgan fingerprint density at radius 1 is 0.606 bits per heavy atom. The number of carboxylic acid groups (broad SMARTS) is 2. The molecule has 16 nitrogen and oxygen atoms in total. The normalized spacial score (nSPS) is 10.3. The second-order valence-corrected chi connectivity index (χ2v) is 15.6. The number of hydrogen-bond donors (Lipinski definition) is 4. The molecule has 0 saturated carbocycles. The summed E-state index contributed by atoms with van der Waals surface area (Å²) in [5, 5.41) is 24.2. The summed E-state index contributed by atoms with van der Waals surface area (Å²) in [6.07, 6.45) is 12.3. The average Bonchev–Trinajstić information content (AvgIpc) is 3.35. The lowest BCUT2D eigenvalue weighted by molar-refractivity contribution is 0.0686. The van der Waals surface area contributed by atoms with Gasteiger partial charge < -0.3 is 20.8 Å². The van der Waals surface area contributed by atoms with Crippen molar-refractivity contribution in [2.75, 3.05) is 13.1 Å². The molecule has 4 N–H and O–H groups in total. The van der Waals surface area contributed by atoms with Crippen LogP contribution < -0.4 is 21.8 Å². The van der Waals surface area contributed by atoms with Gasteiger partial charge in [-0.2, -0.15) is 0 Å². The molecule has 21 heteroatoms. The van der Waals surface area contributed by atoms with E-state index in [0.717, 1.165) is 61.2 Å². The number of carboxylic acids is 2. The molecule has 4 aromatic carbocycles. The standard InChI is InChI=1S/C25H16F2N4O4.C15H11F2N3O2.C10H6BrNO2/c26-20-5-3-16(9-21(20)27)13-31-14-28-12-19(24(31)33)23(32)29-7-1-2-15-4-6-22-17(8-15)10-18(11-30-22)25(34)35;1-2-5-19-14(21)11-7-18-9-20(15(11)22)8-10-3-4-12(16)13(17)6-10;11-8-1-2-9-6(4-8)3-7(5-12-9)10(13)14/h3-6,8-12,14H,7,13H2,(H,29,32)(H,34,35);1,3-4,6-7,9H,5,8H2,(H,19,21);1-5H,(H,13,14). The number of terminal acetylenes is 1. The minimum atomic E-state index is -1.09. The largest absolute Gasteiger partial charge is 0.478 e. The maximum absolute atomic E-state index is 13.4. The van der Waals surface area contributed by atoms with E-state index in [1.54, 1.807) is 24.3 Å². The Hall–Kier alpha value is -9.34. The van der Waals surface area contributed by atoms with Gasteiger partial charge in [-0.25, -0.2) is 37.1 Å².